The minimum Gasteiger partial charge on any atom is -0.478 e. The molecule has 0 spiro atoms. The molecule has 1 amide bonds. The Balaban J connectivity index is 1.93. The number of hydrogen-bond acceptors (Lipinski definition) is 3. The third kappa shape index (κ3) is 5.33. The average Bonchev–Trinajstić information content (AvgIpc) is 2.51. The predicted octanol–water partition coefficient (Wildman–Crippen LogP) is 3.58. The molecule has 0 saturated heterocycles. The van der Waals surface area contributed by atoms with Crippen LogP contribution in [0.3, 0.4) is 0 Å². The Morgan fingerprint density at radius 3 is 2.38 bits per heavy atom. The zero-order valence-electron chi connectivity index (χ0n) is 12.3. The summed E-state index contributed by atoms with van der Waals surface area (Å²) < 4.78 is 12.1. The number of hydrogen-bond donors (Lipinski definition) is 2. The lowest BCUT2D eigenvalue weighted by molar-refractivity contribution is -0.113. The molecular formula is C16H13Cl2NO4S. The van der Waals surface area contributed by atoms with E-state index in [4.69, 9.17) is 28.3 Å². The van der Waals surface area contributed by atoms with Crippen LogP contribution in [0.15, 0.2) is 42.5 Å². The van der Waals surface area contributed by atoms with Gasteiger partial charge in [-0.15, -0.1) is 0 Å². The van der Waals surface area contributed by atoms with E-state index >= 15 is 0 Å². The Kier molecular flexibility index (Phi) is 6.36. The normalized spacial score (nSPS) is 11.8. The molecule has 0 heterocycles. The van der Waals surface area contributed by atoms with E-state index < -0.39 is 22.7 Å². The van der Waals surface area contributed by atoms with Gasteiger partial charge < -0.3 is 10.4 Å². The molecule has 0 saturated carbocycles. The van der Waals surface area contributed by atoms with E-state index in [1.165, 1.54) is 18.2 Å². The molecule has 0 aliphatic heterocycles. The second-order valence-electron chi connectivity index (χ2n) is 4.90. The number of rotatable bonds is 6. The highest BCUT2D eigenvalue weighted by Gasteiger charge is 2.12. The first kappa shape index (κ1) is 18.4. The first-order valence-corrected chi connectivity index (χ1v) is 9.01. The summed E-state index contributed by atoms with van der Waals surface area (Å²) in [4.78, 5) is 22.7. The molecule has 2 rings (SSSR count). The molecule has 8 heteroatoms. The summed E-state index contributed by atoms with van der Waals surface area (Å²) in [5.74, 6) is -1.53. The zero-order chi connectivity index (χ0) is 17.7. The Labute approximate surface area is 151 Å². The summed E-state index contributed by atoms with van der Waals surface area (Å²) in [7, 11) is -1.44. The van der Waals surface area contributed by atoms with Gasteiger partial charge in [0.15, 0.2) is 0 Å². The molecule has 1 unspecified atom stereocenters. The van der Waals surface area contributed by atoms with E-state index in [1.54, 1.807) is 24.3 Å². The van der Waals surface area contributed by atoms with Crippen LogP contribution in [-0.2, 0) is 21.3 Å². The maximum atomic E-state index is 12.1. The number of aromatic carboxylic acids is 1. The fourth-order valence-corrected chi connectivity index (χ4v) is 3.27. The summed E-state index contributed by atoms with van der Waals surface area (Å²) >= 11 is 11.8. The van der Waals surface area contributed by atoms with E-state index in [1.807, 2.05) is 0 Å². The van der Waals surface area contributed by atoms with Crippen LogP contribution < -0.4 is 5.32 Å². The Morgan fingerprint density at radius 1 is 1.08 bits per heavy atom. The van der Waals surface area contributed by atoms with Crippen molar-refractivity contribution >= 4 is 51.6 Å². The largest absolute Gasteiger partial charge is 0.478 e. The van der Waals surface area contributed by atoms with Crippen molar-refractivity contribution in [2.75, 3.05) is 11.1 Å². The van der Waals surface area contributed by atoms with Gasteiger partial charge in [-0.3, -0.25) is 9.00 Å². The van der Waals surface area contributed by atoms with Crippen molar-refractivity contribution in [3.63, 3.8) is 0 Å². The van der Waals surface area contributed by atoms with Crippen molar-refractivity contribution in [3.8, 4) is 0 Å². The number of carbonyl (C=O) groups is 2. The molecular weight excluding hydrogens is 373 g/mol. The standard InChI is InChI=1S/C16H13Cl2NO4S/c17-12-5-6-13(18)14(7-12)19-15(20)9-24(23)8-10-1-3-11(4-2-10)16(21)22/h1-7H,8-9H2,(H,19,20)(H,21,22). The first-order chi connectivity index (χ1) is 11.3. The van der Waals surface area contributed by atoms with Crippen molar-refractivity contribution < 1.29 is 18.9 Å². The topological polar surface area (TPSA) is 83.5 Å². The van der Waals surface area contributed by atoms with Crippen LogP contribution in [-0.4, -0.2) is 26.9 Å². The van der Waals surface area contributed by atoms with Crippen molar-refractivity contribution in [2.45, 2.75) is 5.75 Å². The van der Waals surface area contributed by atoms with Crippen LogP contribution in [0, 0.1) is 0 Å². The zero-order valence-corrected chi connectivity index (χ0v) is 14.6. The van der Waals surface area contributed by atoms with E-state index in [2.05, 4.69) is 5.32 Å². The van der Waals surface area contributed by atoms with Crippen LogP contribution >= 0.6 is 23.2 Å². The lowest BCUT2D eigenvalue weighted by Crippen LogP contribution is -2.20. The summed E-state index contributed by atoms with van der Waals surface area (Å²) in [6.45, 7) is 0. The second kappa shape index (κ2) is 8.28. The monoisotopic (exact) mass is 385 g/mol. The maximum Gasteiger partial charge on any atom is 0.335 e. The van der Waals surface area contributed by atoms with E-state index in [-0.39, 0.29) is 17.1 Å². The van der Waals surface area contributed by atoms with Gasteiger partial charge in [-0.2, -0.15) is 0 Å². The van der Waals surface area contributed by atoms with Gasteiger partial charge in [-0.25, -0.2) is 4.79 Å². The molecule has 2 aromatic carbocycles. The number of carbonyl (C=O) groups excluding carboxylic acids is 1. The summed E-state index contributed by atoms with van der Waals surface area (Å²) in [5, 5.41) is 12.2. The maximum absolute atomic E-state index is 12.1. The van der Waals surface area contributed by atoms with E-state index in [0.717, 1.165) is 0 Å². The molecule has 0 aliphatic carbocycles. The van der Waals surface area contributed by atoms with Gasteiger partial charge in [0.2, 0.25) is 5.91 Å². The molecule has 0 aliphatic rings. The molecule has 1 atom stereocenters. The minimum absolute atomic E-state index is 0.149. The van der Waals surface area contributed by atoms with Gasteiger partial charge in [0, 0.05) is 21.6 Å². The lowest BCUT2D eigenvalue weighted by Gasteiger charge is -2.08. The van der Waals surface area contributed by atoms with Crippen molar-refractivity contribution in [1.82, 2.24) is 0 Å². The highest BCUT2D eigenvalue weighted by Crippen LogP contribution is 2.25. The Bertz CT molecular complexity index is 793. The molecule has 2 N–H and O–H groups in total. The summed E-state index contributed by atoms with van der Waals surface area (Å²) in [6, 6.07) is 10.7. The van der Waals surface area contributed by atoms with Gasteiger partial charge in [-0.05, 0) is 35.9 Å². The van der Waals surface area contributed by atoms with Crippen molar-refractivity contribution in [1.29, 1.82) is 0 Å². The van der Waals surface area contributed by atoms with Crippen LogP contribution in [0.2, 0.25) is 10.0 Å². The molecule has 0 radical (unpaired) electrons. The molecule has 24 heavy (non-hydrogen) atoms. The Morgan fingerprint density at radius 2 is 1.75 bits per heavy atom. The molecule has 5 nitrogen and oxygen atoms in total. The van der Waals surface area contributed by atoms with Gasteiger partial charge >= 0.3 is 5.97 Å². The highest BCUT2D eigenvalue weighted by atomic mass is 35.5. The minimum atomic E-state index is -1.44. The number of halogens is 2. The smallest absolute Gasteiger partial charge is 0.335 e. The second-order valence-corrected chi connectivity index (χ2v) is 7.20. The van der Waals surface area contributed by atoms with Gasteiger partial charge in [0.25, 0.3) is 0 Å². The molecule has 0 fully saturated rings. The predicted molar refractivity (Wildman–Crippen MR) is 95.2 cm³/mol. The van der Waals surface area contributed by atoms with Gasteiger partial charge in [0.1, 0.15) is 5.75 Å². The first-order valence-electron chi connectivity index (χ1n) is 6.77. The van der Waals surface area contributed by atoms with Crippen molar-refractivity contribution in [3.05, 3.63) is 63.6 Å². The molecule has 2 aromatic rings. The number of carboxylic acids is 1. The summed E-state index contributed by atoms with van der Waals surface area (Å²) in [6.07, 6.45) is 0. The highest BCUT2D eigenvalue weighted by molar-refractivity contribution is 7.84. The van der Waals surface area contributed by atoms with E-state index in [0.29, 0.717) is 21.3 Å². The lowest BCUT2D eigenvalue weighted by atomic mass is 10.1. The quantitative estimate of drug-likeness (QED) is 0.795. The van der Waals surface area contributed by atoms with Crippen LogP contribution in [0.4, 0.5) is 5.69 Å². The molecule has 0 aromatic heterocycles. The molecule has 126 valence electrons. The fourth-order valence-electron chi connectivity index (χ4n) is 1.91. The number of carboxylic acid groups (broad SMARTS) is 1. The SMILES string of the molecule is O=C(CS(=O)Cc1ccc(C(=O)O)cc1)Nc1cc(Cl)ccc1Cl. The number of nitrogens with one attached hydrogen (secondary N) is 1. The number of anilines is 1. The van der Waals surface area contributed by atoms with Gasteiger partial charge in [-0.1, -0.05) is 35.3 Å². The third-order valence-corrected chi connectivity index (χ3v) is 4.83. The summed E-state index contributed by atoms with van der Waals surface area (Å²) in [5.41, 5.74) is 1.20. The van der Waals surface area contributed by atoms with Gasteiger partial charge in [0.05, 0.1) is 16.3 Å². The van der Waals surface area contributed by atoms with Crippen LogP contribution in [0.1, 0.15) is 15.9 Å². The average molecular weight is 386 g/mol. The Hall–Kier alpha value is -1.89. The number of benzene rings is 2. The number of amides is 1. The van der Waals surface area contributed by atoms with Crippen LogP contribution in [0.5, 0.6) is 0 Å². The molecule has 0 bridgehead atoms. The van der Waals surface area contributed by atoms with E-state index in [9.17, 15) is 13.8 Å². The van der Waals surface area contributed by atoms with Crippen LogP contribution in [0.25, 0.3) is 0 Å². The fraction of sp³-hybridized carbons (Fsp3) is 0.125. The third-order valence-electron chi connectivity index (χ3n) is 3.02. The van der Waals surface area contributed by atoms with Crippen molar-refractivity contribution in [2.24, 2.45) is 0 Å².